The predicted octanol–water partition coefficient (Wildman–Crippen LogP) is 30.0. The van der Waals surface area contributed by atoms with E-state index < -0.39 is 162 Å². The van der Waals surface area contributed by atoms with Crippen molar-refractivity contribution in [2.24, 2.45) is 0 Å². The summed E-state index contributed by atoms with van der Waals surface area (Å²) in [6.45, 7) is 19.5. The Balaban J connectivity index is 0.938. The first-order valence-corrected chi connectivity index (χ1v) is 39.1. The van der Waals surface area contributed by atoms with E-state index in [1.807, 2.05) is 138 Å². The molecule has 1 atom stereocenters. The Morgan fingerprint density at radius 2 is 0.707 bits per heavy atom. The van der Waals surface area contributed by atoms with Crippen molar-refractivity contribution in [3.63, 3.8) is 0 Å². The number of rotatable bonds is 8. The Labute approximate surface area is 709 Å². The zero-order valence-corrected chi connectivity index (χ0v) is 64.8. The molecule has 0 saturated heterocycles. The molecule has 16 aromatic carbocycles. The minimum Gasteiger partial charge on any atom is -0.452 e. The number of hydrogen-bond acceptors (Lipinski definition) is 3. The van der Waals surface area contributed by atoms with E-state index in [1.165, 1.54) is 9.13 Å². The highest BCUT2D eigenvalue weighted by Gasteiger charge is 2.45. The van der Waals surface area contributed by atoms with E-state index in [1.54, 1.807) is 12.1 Å². The third kappa shape index (κ3) is 10.0. The van der Waals surface area contributed by atoms with Crippen molar-refractivity contribution in [3.05, 3.63) is 389 Å². The van der Waals surface area contributed by atoms with Crippen LogP contribution in [0.1, 0.15) is 157 Å². The van der Waals surface area contributed by atoms with Gasteiger partial charge in [0.05, 0.1) is 111 Å². The van der Waals surface area contributed by atoms with Gasteiger partial charge in [-0.15, -0.1) is 0 Å². The van der Waals surface area contributed by atoms with E-state index in [4.69, 9.17) is 4.42 Å². The molecule has 0 amide bonds. The van der Waals surface area contributed by atoms with Crippen molar-refractivity contribution in [2.75, 3.05) is 9.80 Å². The number of furan rings is 1. The van der Waals surface area contributed by atoms with Crippen LogP contribution in [0.4, 0.5) is 34.1 Å². The summed E-state index contributed by atoms with van der Waals surface area (Å²) in [5, 5.41) is 2.50. The molecule has 0 bridgehead atoms. The average Bonchev–Trinajstić information content (AvgIpc) is 1.19. The predicted molar refractivity (Wildman–Crippen MR) is 487 cm³/mol. The Kier molecular flexibility index (Phi) is 10.3. The third-order valence-electron chi connectivity index (χ3n) is 24.1. The lowest BCUT2D eigenvalue weighted by atomic mass is 9.74. The molecule has 0 saturated carbocycles. The second kappa shape index (κ2) is 24.9. The fourth-order valence-electron chi connectivity index (χ4n) is 18.6. The monoisotopic (exact) mass is 1520 g/mol. The smallest absolute Gasteiger partial charge is 0.159 e. The van der Waals surface area contributed by atoms with Crippen LogP contribution in [0.15, 0.2) is 344 Å². The molecule has 0 spiro atoms. The van der Waals surface area contributed by atoms with Crippen molar-refractivity contribution in [3.8, 4) is 50.4 Å². The summed E-state index contributed by atoms with van der Waals surface area (Å²) in [6.07, 6.45) is 0. The number of hydrogen-bond donors (Lipinski definition) is 0. The van der Waals surface area contributed by atoms with Gasteiger partial charge in [0.2, 0.25) is 0 Å². The number of anilines is 6. The molecule has 6 nitrogen and oxygen atoms in total. The summed E-state index contributed by atoms with van der Waals surface area (Å²) in [5.74, 6) is -2.47. The Hall–Kier alpha value is -13.7. The maximum atomic E-state index is 10.3. The van der Waals surface area contributed by atoms with E-state index in [0.717, 1.165) is 38.5 Å². The van der Waals surface area contributed by atoms with Crippen LogP contribution in [0, 0.1) is 0 Å². The quantitative estimate of drug-likeness (QED) is 0.152. The normalized spacial score (nSPS) is 17.0. The van der Waals surface area contributed by atoms with E-state index >= 15 is 0 Å². The molecule has 4 aromatic heterocycles. The SMILES string of the molecule is [2H]c1c([2H])c([2H])c2c(c1[2H])-c1c([2H])c([2H])c([2H])c([2H])c1C2c1ccc2c(c1)N(c1cccc3c1oc1c(-n4c5ccc(C(C)(C)C)cc5c5cc(C(C)(C)C)ccc54)cccc13)c1cc(-n3c4c([2H])c([2H])c([2H])c([2H])c4c4c([2H])c([2H])c([2H])c([2H])c43)cc3c1C2c1ccc(-n2c4c([2H])c([2H])c([2H])c([2H])c4c4c([2H])c([2H])c([2H])c([2H])c42)cc1N3c1c(-c2ccccc2)cc(C(C)(C)C)cc1-c1ccccc1. The van der Waals surface area contributed by atoms with E-state index in [9.17, 15) is 32.9 Å². The maximum Gasteiger partial charge on any atom is 0.159 e. The maximum absolute atomic E-state index is 10.3. The van der Waals surface area contributed by atoms with Crippen LogP contribution in [0.25, 0.3) is 138 Å². The Morgan fingerprint density at radius 1 is 0.276 bits per heavy atom. The lowest BCUT2D eigenvalue weighted by Crippen LogP contribution is -2.30. The van der Waals surface area contributed by atoms with Crippen LogP contribution >= 0.6 is 0 Å². The van der Waals surface area contributed by atoms with E-state index in [-0.39, 0.29) is 93.6 Å². The summed E-state index contributed by atoms with van der Waals surface area (Å²) < 4.78 is 245. The summed E-state index contributed by atoms with van der Waals surface area (Å²) >= 11 is 0. The van der Waals surface area contributed by atoms with Gasteiger partial charge < -0.3 is 27.9 Å². The summed E-state index contributed by atoms with van der Waals surface area (Å²) in [4.78, 5) is 4.07. The minimum absolute atomic E-state index is 0.0288. The van der Waals surface area contributed by atoms with Gasteiger partial charge in [0.15, 0.2) is 11.2 Å². The summed E-state index contributed by atoms with van der Waals surface area (Å²) in [7, 11) is 0. The molecule has 6 heteroatoms. The fraction of sp³-hybridized carbons (Fsp3) is 0.127. The highest BCUT2D eigenvalue weighted by molar-refractivity contribution is 6.17. The fourth-order valence-corrected chi connectivity index (χ4v) is 18.6. The largest absolute Gasteiger partial charge is 0.452 e. The number of fused-ring (bicyclic) bond motifs is 19. The number of aromatic nitrogens is 3. The van der Waals surface area contributed by atoms with Crippen molar-refractivity contribution >= 4 is 121 Å². The molecule has 116 heavy (non-hydrogen) atoms. The minimum atomic E-state index is -1.38. The second-order valence-electron chi connectivity index (χ2n) is 33.7. The number of para-hydroxylation sites is 6. The van der Waals surface area contributed by atoms with Crippen LogP contribution < -0.4 is 9.80 Å². The lowest BCUT2D eigenvalue weighted by Gasteiger charge is -2.46. The molecule has 3 aliphatic rings. The molecule has 1 unspecified atom stereocenters. The molecule has 0 radical (unpaired) electrons. The van der Waals surface area contributed by atoms with Crippen molar-refractivity contribution < 1.29 is 37.3 Å². The van der Waals surface area contributed by atoms with Gasteiger partial charge in [-0.25, -0.2) is 0 Å². The van der Waals surface area contributed by atoms with Gasteiger partial charge in [0.25, 0.3) is 0 Å². The van der Waals surface area contributed by atoms with Gasteiger partial charge >= 0.3 is 0 Å². The Morgan fingerprint density at radius 3 is 1.22 bits per heavy atom. The van der Waals surface area contributed by atoms with E-state index in [0.29, 0.717) is 101 Å². The van der Waals surface area contributed by atoms with Gasteiger partial charge in [0.1, 0.15) is 0 Å². The first-order valence-electron chi connectivity index (χ1n) is 51.1. The standard InChI is InChI=1S/C110H85N5O/c1-108(2,3)69-51-56-94-88(59-69)89-60-70(109(4,5)6)52-57-95(89)113(94)96-48-28-42-82-83-43-29-49-97(107(83)116-106(82)96)114-98-58-68(102-80-40-18-16-34-74(80)75-35-17-19-41-81(75)102)50-54-84(98)103-85-55-53-72(111-90-44-24-20-36-76(90)77-37-21-25-45-91(77)111)63-99(85)115(101-65-73(64-100(114)104(101)103)112-92-46-26-22-38-78(92)79-39-23-27-47-93(79)112)105-86(66-30-12-10-13-31-66)61-71(110(7,8)9)62-87(105)67-32-14-11-15-33-67/h10-65,102-103H,1-9H3/i16D,17D,18D,19D,20D,21D,22D,23D,24D,25D,26D,27D,34D,35D,36D,37D,38D,39D,40D,41D,44D,45D,46D,47D. The topological polar surface area (TPSA) is 34.4 Å². The molecule has 6 heterocycles. The zero-order chi connectivity index (χ0) is 98.8. The molecule has 556 valence electrons. The lowest BCUT2D eigenvalue weighted by molar-refractivity contribution is 0.590. The highest BCUT2D eigenvalue weighted by atomic mass is 16.3. The first-order chi connectivity index (χ1) is 66.4. The van der Waals surface area contributed by atoms with Gasteiger partial charge in [-0.3, -0.25) is 0 Å². The van der Waals surface area contributed by atoms with Crippen LogP contribution in [-0.4, -0.2) is 13.7 Å². The van der Waals surface area contributed by atoms with Crippen LogP contribution in [0.2, 0.25) is 0 Å². The van der Waals surface area contributed by atoms with Crippen LogP contribution in [0.5, 0.6) is 0 Å². The van der Waals surface area contributed by atoms with Gasteiger partial charge in [-0.2, -0.15) is 0 Å². The van der Waals surface area contributed by atoms with Crippen LogP contribution in [-0.2, 0) is 16.2 Å². The number of benzene rings is 16. The van der Waals surface area contributed by atoms with Crippen LogP contribution in [0.3, 0.4) is 0 Å². The molecule has 23 rings (SSSR count). The summed E-state index contributed by atoms with van der Waals surface area (Å²) in [5.41, 5.74) is 11.0. The molecule has 0 N–H and O–H groups in total. The summed E-state index contributed by atoms with van der Waals surface area (Å²) in [6, 6.07) is 48.6. The second-order valence-corrected chi connectivity index (χ2v) is 33.7. The molecule has 1 aliphatic carbocycles. The van der Waals surface area contributed by atoms with Gasteiger partial charge in [-0.05, 0) is 186 Å². The Bertz CT molecular complexity index is 8730. The van der Waals surface area contributed by atoms with Crippen molar-refractivity contribution in [2.45, 2.75) is 90.4 Å². The molecule has 20 aromatic rings. The molecular weight excluding hydrogens is 1410 g/mol. The first kappa shape index (κ1) is 47.7. The zero-order valence-electron chi connectivity index (χ0n) is 88.8. The highest BCUT2D eigenvalue weighted by Crippen LogP contribution is 2.65. The van der Waals surface area contributed by atoms with Gasteiger partial charge in [0, 0.05) is 77.3 Å². The molecule has 2 aliphatic heterocycles. The molecule has 0 fully saturated rings. The number of nitrogens with zero attached hydrogens (tertiary/aromatic N) is 5. The van der Waals surface area contributed by atoms with Crippen molar-refractivity contribution in [1.82, 2.24) is 13.7 Å². The van der Waals surface area contributed by atoms with E-state index in [2.05, 4.69) is 120 Å². The third-order valence-corrected chi connectivity index (χ3v) is 24.1. The van der Waals surface area contributed by atoms with Crippen molar-refractivity contribution in [1.29, 1.82) is 0 Å². The average molecular weight is 1520 g/mol. The van der Waals surface area contributed by atoms with Gasteiger partial charge in [-0.1, -0.05) is 298 Å². The molecular formula is C110H85N5O.